The van der Waals surface area contributed by atoms with Crippen LogP contribution < -0.4 is 5.56 Å². The van der Waals surface area contributed by atoms with E-state index < -0.39 is 0 Å². The Balaban J connectivity index is 1.93. The van der Waals surface area contributed by atoms with Crippen LogP contribution >= 0.6 is 0 Å². The predicted octanol–water partition coefficient (Wildman–Crippen LogP) is 3.30. The van der Waals surface area contributed by atoms with Crippen molar-refractivity contribution in [1.82, 2.24) is 14.7 Å². The number of aromatic nitrogens is 2. The highest BCUT2D eigenvalue weighted by Crippen LogP contribution is 2.17. The number of rotatable bonds is 6. The Bertz CT molecular complexity index is 995. The molecular weight excluding hydrogens is 338 g/mol. The zero-order valence-corrected chi connectivity index (χ0v) is 16.1. The van der Waals surface area contributed by atoms with Crippen LogP contribution in [-0.4, -0.2) is 26.6 Å². The topological polar surface area (TPSA) is 55.2 Å². The molecule has 0 saturated heterocycles. The van der Waals surface area contributed by atoms with Crippen molar-refractivity contribution in [2.75, 3.05) is 0 Å². The molecule has 1 heterocycles. The Morgan fingerprint density at radius 3 is 2.37 bits per heavy atom. The number of hydrogen-bond donors (Lipinski definition) is 0. The van der Waals surface area contributed by atoms with E-state index in [1.807, 2.05) is 53.4 Å². The van der Waals surface area contributed by atoms with Gasteiger partial charge in [-0.05, 0) is 25.0 Å². The van der Waals surface area contributed by atoms with Crippen LogP contribution in [0.5, 0.6) is 0 Å². The van der Waals surface area contributed by atoms with Gasteiger partial charge in [-0.2, -0.15) is 5.10 Å². The molecule has 3 aromatic rings. The molecule has 0 radical (unpaired) electrons. The highest BCUT2D eigenvalue weighted by Gasteiger charge is 2.21. The van der Waals surface area contributed by atoms with Crippen molar-refractivity contribution in [3.05, 3.63) is 76.2 Å². The van der Waals surface area contributed by atoms with Crippen LogP contribution in [0.4, 0.5) is 0 Å². The molecule has 0 spiro atoms. The number of aryl methyl sites for hydroxylation is 1. The summed E-state index contributed by atoms with van der Waals surface area (Å²) in [5.41, 5.74) is 1.59. The Kier molecular flexibility index (Phi) is 5.69. The van der Waals surface area contributed by atoms with Crippen molar-refractivity contribution >= 4 is 16.7 Å². The molecule has 0 unspecified atom stereocenters. The lowest BCUT2D eigenvalue weighted by Gasteiger charge is -2.29. The lowest BCUT2D eigenvalue weighted by atomic mass is 10.1. The van der Waals surface area contributed by atoms with Crippen molar-refractivity contribution in [3.63, 3.8) is 0 Å². The summed E-state index contributed by atoms with van der Waals surface area (Å²) in [5, 5.41) is 5.71. The molecule has 1 aromatic heterocycles. The van der Waals surface area contributed by atoms with Crippen molar-refractivity contribution in [1.29, 1.82) is 0 Å². The van der Waals surface area contributed by atoms with Gasteiger partial charge in [0.05, 0.1) is 17.5 Å². The summed E-state index contributed by atoms with van der Waals surface area (Å²) >= 11 is 0. The summed E-state index contributed by atoms with van der Waals surface area (Å²) in [7, 11) is 1.62. The summed E-state index contributed by atoms with van der Waals surface area (Å²) in [6, 6.07) is 17.5. The third kappa shape index (κ3) is 4.08. The van der Waals surface area contributed by atoms with E-state index in [2.05, 4.69) is 18.9 Å². The van der Waals surface area contributed by atoms with Gasteiger partial charge in [0.25, 0.3) is 5.56 Å². The molecule has 5 heteroatoms. The van der Waals surface area contributed by atoms with Gasteiger partial charge in [0.15, 0.2) is 0 Å². The Morgan fingerprint density at radius 2 is 1.70 bits per heavy atom. The lowest BCUT2D eigenvalue weighted by molar-refractivity contribution is -0.133. The van der Waals surface area contributed by atoms with Crippen LogP contribution in [0.15, 0.2) is 59.4 Å². The van der Waals surface area contributed by atoms with E-state index in [0.717, 1.165) is 17.4 Å². The minimum absolute atomic E-state index is 0.0181. The summed E-state index contributed by atoms with van der Waals surface area (Å²) in [6.07, 6.45) is 1.05. The molecule has 27 heavy (non-hydrogen) atoms. The van der Waals surface area contributed by atoms with E-state index in [1.165, 1.54) is 4.68 Å². The lowest BCUT2D eigenvalue weighted by Crippen LogP contribution is -2.39. The quantitative estimate of drug-likeness (QED) is 0.675. The zero-order chi connectivity index (χ0) is 19.4. The van der Waals surface area contributed by atoms with E-state index >= 15 is 0 Å². The molecule has 5 nitrogen and oxygen atoms in total. The minimum Gasteiger partial charge on any atom is -0.335 e. The number of fused-ring (bicyclic) bond motifs is 1. The van der Waals surface area contributed by atoms with Crippen molar-refractivity contribution in [3.8, 4) is 0 Å². The van der Waals surface area contributed by atoms with E-state index in [9.17, 15) is 9.59 Å². The molecule has 140 valence electrons. The van der Waals surface area contributed by atoms with Crippen LogP contribution in [0.2, 0.25) is 0 Å². The van der Waals surface area contributed by atoms with Crippen LogP contribution in [-0.2, 0) is 24.8 Å². The van der Waals surface area contributed by atoms with E-state index in [0.29, 0.717) is 17.6 Å². The highest BCUT2D eigenvalue weighted by atomic mass is 16.2. The van der Waals surface area contributed by atoms with Crippen LogP contribution in [0.3, 0.4) is 0 Å². The fraction of sp³-hybridized carbons (Fsp3) is 0.318. The summed E-state index contributed by atoms with van der Waals surface area (Å²) in [6.45, 7) is 4.71. The number of amides is 1. The number of carbonyl (C=O) groups excluding carboxylic acids is 1. The predicted molar refractivity (Wildman–Crippen MR) is 107 cm³/mol. The smallest absolute Gasteiger partial charge is 0.274 e. The standard InChI is InChI=1S/C22H25N3O2/c1-4-16(2)25(15-17-10-6-5-7-11-17)21(26)14-20-18-12-8-9-13-19(18)22(27)24(3)23-20/h5-13,16H,4,14-15H2,1-3H3/t16-/m1/s1. The maximum Gasteiger partial charge on any atom is 0.274 e. The molecule has 2 aromatic carbocycles. The maximum atomic E-state index is 13.2. The molecule has 1 atom stereocenters. The Morgan fingerprint density at radius 1 is 1.07 bits per heavy atom. The molecule has 0 fully saturated rings. The van der Waals surface area contributed by atoms with Gasteiger partial charge in [-0.3, -0.25) is 9.59 Å². The van der Waals surface area contributed by atoms with Crippen molar-refractivity contribution in [2.45, 2.75) is 39.3 Å². The highest BCUT2D eigenvalue weighted by molar-refractivity contribution is 5.88. The van der Waals surface area contributed by atoms with Gasteiger partial charge in [0, 0.05) is 25.0 Å². The molecule has 0 aliphatic heterocycles. The van der Waals surface area contributed by atoms with Gasteiger partial charge >= 0.3 is 0 Å². The fourth-order valence-electron chi connectivity index (χ4n) is 3.24. The molecule has 3 rings (SSSR count). The Labute approximate surface area is 159 Å². The number of nitrogens with zero attached hydrogens (tertiary/aromatic N) is 3. The van der Waals surface area contributed by atoms with E-state index in [-0.39, 0.29) is 23.9 Å². The third-order valence-corrected chi connectivity index (χ3v) is 4.99. The van der Waals surface area contributed by atoms with Gasteiger partial charge in [-0.25, -0.2) is 4.68 Å². The van der Waals surface area contributed by atoms with Gasteiger partial charge in [0.2, 0.25) is 5.91 Å². The molecule has 0 aliphatic rings. The normalized spacial score (nSPS) is 12.1. The SMILES string of the molecule is CC[C@@H](C)N(Cc1ccccc1)C(=O)Cc1nn(C)c(=O)c2ccccc12. The second-order valence-corrected chi connectivity index (χ2v) is 6.86. The first-order valence-corrected chi connectivity index (χ1v) is 9.29. The summed E-state index contributed by atoms with van der Waals surface area (Å²) in [4.78, 5) is 27.4. The largest absolute Gasteiger partial charge is 0.335 e. The molecule has 0 bridgehead atoms. The van der Waals surface area contributed by atoms with Crippen LogP contribution in [0.25, 0.3) is 10.8 Å². The second-order valence-electron chi connectivity index (χ2n) is 6.86. The third-order valence-electron chi connectivity index (χ3n) is 4.99. The first-order chi connectivity index (χ1) is 13.0. The van der Waals surface area contributed by atoms with Crippen LogP contribution in [0, 0.1) is 0 Å². The first kappa shape index (κ1) is 18.8. The second kappa shape index (κ2) is 8.16. The van der Waals surface area contributed by atoms with E-state index in [4.69, 9.17) is 0 Å². The molecule has 0 saturated carbocycles. The molecule has 1 amide bonds. The number of carbonyl (C=O) groups is 1. The Hall–Kier alpha value is -2.95. The molecular formula is C22H25N3O2. The van der Waals surface area contributed by atoms with Crippen LogP contribution in [0.1, 0.15) is 31.5 Å². The average Bonchev–Trinajstić information content (AvgIpc) is 2.70. The van der Waals surface area contributed by atoms with E-state index in [1.54, 1.807) is 13.1 Å². The number of hydrogen-bond acceptors (Lipinski definition) is 3. The van der Waals surface area contributed by atoms with Crippen molar-refractivity contribution < 1.29 is 4.79 Å². The monoisotopic (exact) mass is 363 g/mol. The average molecular weight is 363 g/mol. The van der Waals surface area contributed by atoms with Crippen molar-refractivity contribution in [2.24, 2.45) is 7.05 Å². The van der Waals surface area contributed by atoms with Gasteiger partial charge < -0.3 is 4.90 Å². The number of benzene rings is 2. The fourth-order valence-corrected chi connectivity index (χ4v) is 3.24. The zero-order valence-electron chi connectivity index (χ0n) is 16.1. The molecule has 0 aliphatic carbocycles. The van der Waals surface area contributed by atoms with Gasteiger partial charge in [0.1, 0.15) is 0 Å². The summed E-state index contributed by atoms with van der Waals surface area (Å²) < 4.78 is 1.32. The molecule has 0 N–H and O–H groups in total. The minimum atomic E-state index is -0.148. The first-order valence-electron chi connectivity index (χ1n) is 9.29. The maximum absolute atomic E-state index is 13.2. The summed E-state index contributed by atoms with van der Waals surface area (Å²) in [5.74, 6) is 0.0181. The van der Waals surface area contributed by atoms with Gasteiger partial charge in [-0.15, -0.1) is 0 Å². The van der Waals surface area contributed by atoms with Gasteiger partial charge in [-0.1, -0.05) is 55.5 Å².